The summed E-state index contributed by atoms with van der Waals surface area (Å²) in [6.45, 7) is 4.35. The summed E-state index contributed by atoms with van der Waals surface area (Å²) in [7, 11) is 0. The first kappa shape index (κ1) is 21.0. The summed E-state index contributed by atoms with van der Waals surface area (Å²) in [5, 5.41) is 12.7. The number of aliphatic carboxylic acids is 1. The summed E-state index contributed by atoms with van der Waals surface area (Å²) in [6.07, 6.45) is 5.38. The minimum atomic E-state index is -0.982. The molecular weight excluding hydrogens is 370 g/mol. The second-order valence-corrected chi connectivity index (χ2v) is 8.15. The van der Waals surface area contributed by atoms with Gasteiger partial charge >= 0.3 is 5.97 Å². The van der Waals surface area contributed by atoms with E-state index in [0.717, 1.165) is 12.8 Å². The SMILES string of the molecule is CC[C@@H](C)[C@H](NC(=O)C1CCC(Cn2cnc3ccccc3c2=O)CC1)C(=O)O. The molecule has 0 bridgehead atoms. The van der Waals surface area contributed by atoms with Gasteiger partial charge in [0, 0.05) is 12.5 Å². The number of carbonyl (C=O) groups is 2. The molecule has 7 heteroatoms. The number of para-hydroxylation sites is 1. The maximum atomic E-state index is 12.7. The van der Waals surface area contributed by atoms with Gasteiger partial charge in [0.2, 0.25) is 5.91 Å². The van der Waals surface area contributed by atoms with Crippen molar-refractivity contribution in [2.45, 2.75) is 58.5 Å². The largest absolute Gasteiger partial charge is 0.480 e. The van der Waals surface area contributed by atoms with Gasteiger partial charge in [-0.1, -0.05) is 32.4 Å². The Labute approximate surface area is 170 Å². The van der Waals surface area contributed by atoms with Crippen LogP contribution in [-0.2, 0) is 16.1 Å². The molecule has 0 radical (unpaired) electrons. The standard InChI is InChI=1S/C22H29N3O4/c1-3-14(2)19(22(28)29)24-20(26)16-10-8-15(9-11-16)12-25-13-23-18-7-5-4-6-17(18)21(25)27/h4-7,13-16,19H,3,8-12H2,1-2H3,(H,24,26)(H,28,29)/t14-,15?,16?,19+/m1/s1. The van der Waals surface area contributed by atoms with Crippen LogP contribution in [0.25, 0.3) is 10.9 Å². The quantitative estimate of drug-likeness (QED) is 0.745. The molecule has 1 aromatic heterocycles. The third-order valence-electron chi connectivity index (χ3n) is 6.18. The molecule has 1 aliphatic carbocycles. The van der Waals surface area contributed by atoms with Gasteiger partial charge in [-0.05, 0) is 49.7 Å². The van der Waals surface area contributed by atoms with E-state index in [1.807, 2.05) is 32.0 Å². The fourth-order valence-electron chi connectivity index (χ4n) is 4.08. The van der Waals surface area contributed by atoms with Gasteiger partial charge in [-0.2, -0.15) is 0 Å². The number of benzene rings is 1. The molecule has 1 saturated carbocycles. The number of hydrogen-bond acceptors (Lipinski definition) is 4. The molecule has 0 spiro atoms. The number of nitrogens with zero attached hydrogens (tertiary/aromatic N) is 2. The van der Waals surface area contributed by atoms with Gasteiger partial charge in [0.15, 0.2) is 0 Å². The van der Waals surface area contributed by atoms with Crippen LogP contribution in [0.2, 0.25) is 0 Å². The van der Waals surface area contributed by atoms with Gasteiger partial charge in [-0.15, -0.1) is 0 Å². The predicted molar refractivity (Wildman–Crippen MR) is 110 cm³/mol. The highest BCUT2D eigenvalue weighted by Gasteiger charge is 2.31. The minimum Gasteiger partial charge on any atom is -0.480 e. The van der Waals surface area contributed by atoms with Crippen LogP contribution in [0.4, 0.5) is 0 Å². The fourth-order valence-corrected chi connectivity index (χ4v) is 4.08. The van der Waals surface area contributed by atoms with Gasteiger partial charge in [0.1, 0.15) is 6.04 Å². The molecule has 2 aromatic rings. The van der Waals surface area contributed by atoms with Crippen LogP contribution in [0.5, 0.6) is 0 Å². The van der Waals surface area contributed by atoms with E-state index in [1.165, 1.54) is 0 Å². The van der Waals surface area contributed by atoms with E-state index >= 15 is 0 Å². The van der Waals surface area contributed by atoms with Crippen molar-refractivity contribution < 1.29 is 14.7 Å². The molecule has 1 fully saturated rings. The Morgan fingerprint density at radius 2 is 1.93 bits per heavy atom. The van der Waals surface area contributed by atoms with Gasteiger partial charge < -0.3 is 10.4 Å². The first-order valence-corrected chi connectivity index (χ1v) is 10.4. The molecule has 1 aromatic carbocycles. The van der Waals surface area contributed by atoms with Crippen molar-refractivity contribution >= 4 is 22.8 Å². The maximum Gasteiger partial charge on any atom is 0.326 e. The number of fused-ring (bicyclic) bond motifs is 1. The van der Waals surface area contributed by atoms with Gasteiger partial charge in [-0.3, -0.25) is 14.2 Å². The number of carboxylic acid groups (broad SMARTS) is 1. The van der Waals surface area contributed by atoms with Crippen molar-refractivity contribution in [2.75, 3.05) is 0 Å². The monoisotopic (exact) mass is 399 g/mol. The summed E-state index contributed by atoms with van der Waals surface area (Å²) >= 11 is 0. The second-order valence-electron chi connectivity index (χ2n) is 8.15. The Balaban J connectivity index is 1.58. The molecule has 0 saturated heterocycles. The number of amides is 1. The molecule has 2 N–H and O–H groups in total. The Kier molecular flexibility index (Phi) is 6.67. The summed E-state index contributed by atoms with van der Waals surface area (Å²) < 4.78 is 1.66. The predicted octanol–water partition coefficient (Wildman–Crippen LogP) is 2.82. The van der Waals surface area contributed by atoms with E-state index in [0.29, 0.717) is 42.6 Å². The van der Waals surface area contributed by atoms with Crippen LogP contribution in [0, 0.1) is 17.8 Å². The fraction of sp³-hybridized carbons (Fsp3) is 0.545. The van der Waals surface area contributed by atoms with Crippen LogP contribution in [0.1, 0.15) is 46.0 Å². The molecule has 0 aliphatic heterocycles. The van der Waals surface area contributed by atoms with Crippen molar-refractivity contribution in [1.82, 2.24) is 14.9 Å². The number of hydrogen-bond donors (Lipinski definition) is 2. The molecule has 1 amide bonds. The van der Waals surface area contributed by atoms with Crippen molar-refractivity contribution in [3.05, 3.63) is 40.9 Å². The average molecular weight is 399 g/mol. The molecular formula is C22H29N3O4. The molecule has 0 unspecified atom stereocenters. The zero-order valence-electron chi connectivity index (χ0n) is 17.0. The van der Waals surface area contributed by atoms with E-state index in [4.69, 9.17) is 0 Å². The Morgan fingerprint density at radius 1 is 1.24 bits per heavy atom. The lowest BCUT2D eigenvalue weighted by molar-refractivity contribution is -0.144. The Hall–Kier alpha value is -2.70. The minimum absolute atomic E-state index is 0.0340. The van der Waals surface area contributed by atoms with Crippen molar-refractivity contribution in [3.63, 3.8) is 0 Å². The molecule has 2 atom stereocenters. The van der Waals surface area contributed by atoms with Crippen molar-refractivity contribution in [2.24, 2.45) is 17.8 Å². The summed E-state index contributed by atoms with van der Waals surface area (Å²) in [5.41, 5.74) is 0.664. The van der Waals surface area contributed by atoms with Gasteiger partial charge in [0.05, 0.1) is 17.2 Å². The number of rotatable bonds is 7. The highest BCUT2D eigenvalue weighted by Crippen LogP contribution is 2.30. The zero-order valence-corrected chi connectivity index (χ0v) is 17.0. The van der Waals surface area contributed by atoms with Crippen LogP contribution < -0.4 is 10.9 Å². The molecule has 7 nitrogen and oxygen atoms in total. The normalized spacial score (nSPS) is 21.4. The smallest absolute Gasteiger partial charge is 0.326 e. The Morgan fingerprint density at radius 3 is 2.59 bits per heavy atom. The maximum absolute atomic E-state index is 12.7. The topological polar surface area (TPSA) is 101 Å². The molecule has 1 heterocycles. The van der Waals surface area contributed by atoms with E-state index in [1.54, 1.807) is 17.0 Å². The average Bonchev–Trinajstić information content (AvgIpc) is 2.73. The van der Waals surface area contributed by atoms with Crippen LogP contribution in [-0.4, -0.2) is 32.6 Å². The van der Waals surface area contributed by atoms with E-state index < -0.39 is 12.0 Å². The van der Waals surface area contributed by atoms with Crippen LogP contribution >= 0.6 is 0 Å². The highest BCUT2D eigenvalue weighted by molar-refractivity contribution is 5.85. The van der Waals surface area contributed by atoms with E-state index in [-0.39, 0.29) is 23.3 Å². The molecule has 1 aliphatic rings. The van der Waals surface area contributed by atoms with Gasteiger partial charge in [0.25, 0.3) is 5.56 Å². The lowest BCUT2D eigenvalue weighted by Gasteiger charge is -2.29. The van der Waals surface area contributed by atoms with Crippen LogP contribution in [0.15, 0.2) is 35.4 Å². The van der Waals surface area contributed by atoms with Crippen LogP contribution in [0.3, 0.4) is 0 Å². The summed E-state index contributed by atoms with van der Waals surface area (Å²) in [5.74, 6) is -1.11. The number of carbonyl (C=O) groups excluding carboxylic acids is 1. The Bertz CT molecular complexity index is 931. The number of carboxylic acids is 1. The van der Waals surface area contributed by atoms with E-state index in [2.05, 4.69) is 10.3 Å². The van der Waals surface area contributed by atoms with Crippen molar-refractivity contribution in [1.29, 1.82) is 0 Å². The second kappa shape index (κ2) is 9.20. The highest BCUT2D eigenvalue weighted by atomic mass is 16.4. The summed E-state index contributed by atoms with van der Waals surface area (Å²) in [6, 6.07) is 6.48. The number of aromatic nitrogens is 2. The molecule has 3 rings (SSSR count). The van der Waals surface area contributed by atoms with E-state index in [9.17, 15) is 19.5 Å². The van der Waals surface area contributed by atoms with Crippen molar-refractivity contribution in [3.8, 4) is 0 Å². The molecule has 29 heavy (non-hydrogen) atoms. The lowest BCUT2D eigenvalue weighted by Crippen LogP contribution is -2.47. The first-order valence-electron chi connectivity index (χ1n) is 10.4. The zero-order chi connectivity index (χ0) is 21.0. The first-order chi connectivity index (χ1) is 13.9. The third kappa shape index (κ3) is 4.83. The lowest BCUT2D eigenvalue weighted by atomic mass is 9.81. The third-order valence-corrected chi connectivity index (χ3v) is 6.18. The molecule has 156 valence electrons. The summed E-state index contributed by atoms with van der Waals surface area (Å²) in [4.78, 5) is 41.0. The number of nitrogens with one attached hydrogen (secondary N) is 1. The van der Waals surface area contributed by atoms with Gasteiger partial charge in [-0.25, -0.2) is 9.78 Å².